The molecular weight excluding hydrogens is 204 g/mol. The molecule has 3 heteroatoms. The molecule has 0 heterocycles. The molecule has 0 saturated heterocycles. The van der Waals surface area contributed by atoms with Crippen LogP contribution in [0.5, 0.6) is 0 Å². The molecule has 0 aromatic carbocycles. The number of rotatable bonds is 3. The quantitative estimate of drug-likeness (QED) is 0.683. The van der Waals surface area contributed by atoms with Gasteiger partial charge in [0.25, 0.3) is 0 Å². The standard InChI is InChI=1S/C12H22O2Si/c1-12(2)8-7-10(13-3)9-11(12)14-15(4,5)6/h7,9H,8H2,1-6H3. The van der Waals surface area contributed by atoms with Crippen LogP contribution in [-0.2, 0) is 9.16 Å². The molecule has 0 fully saturated rings. The third-order valence-electron chi connectivity index (χ3n) is 2.41. The van der Waals surface area contributed by atoms with Crippen molar-refractivity contribution < 1.29 is 9.16 Å². The van der Waals surface area contributed by atoms with Crippen molar-refractivity contribution in [2.24, 2.45) is 5.41 Å². The summed E-state index contributed by atoms with van der Waals surface area (Å²) in [5, 5.41) is 0. The van der Waals surface area contributed by atoms with Crippen LogP contribution in [0, 0.1) is 5.41 Å². The molecule has 0 N–H and O–H groups in total. The van der Waals surface area contributed by atoms with E-state index in [9.17, 15) is 0 Å². The van der Waals surface area contributed by atoms with Crippen LogP contribution in [-0.4, -0.2) is 15.4 Å². The van der Waals surface area contributed by atoms with E-state index in [4.69, 9.17) is 9.16 Å². The lowest BCUT2D eigenvalue weighted by Crippen LogP contribution is -2.31. The van der Waals surface area contributed by atoms with E-state index in [0.717, 1.165) is 17.9 Å². The van der Waals surface area contributed by atoms with Gasteiger partial charge in [0.1, 0.15) is 5.76 Å². The van der Waals surface area contributed by atoms with E-state index in [-0.39, 0.29) is 5.41 Å². The topological polar surface area (TPSA) is 18.5 Å². The number of hydrogen-bond donors (Lipinski definition) is 0. The molecule has 15 heavy (non-hydrogen) atoms. The minimum absolute atomic E-state index is 0.0995. The Bertz CT molecular complexity index is 295. The molecule has 1 aliphatic rings. The number of methoxy groups -OCH3 is 1. The summed E-state index contributed by atoms with van der Waals surface area (Å²) in [6.45, 7) is 11.0. The van der Waals surface area contributed by atoms with Gasteiger partial charge in [-0.1, -0.05) is 13.8 Å². The van der Waals surface area contributed by atoms with Crippen molar-refractivity contribution in [1.29, 1.82) is 0 Å². The highest BCUT2D eigenvalue weighted by Gasteiger charge is 2.31. The fourth-order valence-electron chi connectivity index (χ4n) is 1.48. The van der Waals surface area contributed by atoms with Gasteiger partial charge in [0, 0.05) is 11.5 Å². The molecular formula is C12H22O2Si. The summed E-state index contributed by atoms with van der Waals surface area (Å²) in [7, 11) is 0.174. The largest absolute Gasteiger partial charge is 0.547 e. The molecule has 0 aromatic heterocycles. The molecule has 86 valence electrons. The Morgan fingerprint density at radius 2 is 1.87 bits per heavy atom. The molecule has 2 nitrogen and oxygen atoms in total. The van der Waals surface area contributed by atoms with Gasteiger partial charge in [-0.05, 0) is 32.1 Å². The first-order valence-electron chi connectivity index (χ1n) is 5.40. The third-order valence-corrected chi connectivity index (χ3v) is 3.24. The van der Waals surface area contributed by atoms with Crippen molar-refractivity contribution in [3.63, 3.8) is 0 Å². The minimum atomic E-state index is -1.53. The Hall–Kier alpha value is -0.703. The van der Waals surface area contributed by atoms with Crippen molar-refractivity contribution in [3.05, 3.63) is 23.7 Å². The van der Waals surface area contributed by atoms with Crippen LogP contribution in [0.2, 0.25) is 19.6 Å². The minimum Gasteiger partial charge on any atom is -0.547 e. The second-order valence-corrected chi connectivity index (χ2v) is 10.1. The van der Waals surface area contributed by atoms with Crippen molar-refractivity contribution >= 4 is 8.32 Å². The Kier molecular flexibility index (Phi) is 3.33. The van der Waals surface area contributed by atoms with Crippen LogP contribution in [0.1, 0.15) is 20.3 Å². The van der Waals surface area contributed by atoms with Crippen molar-refractivity contribution in [3.8, 4) is 0 Å². The maximum absolute atomic E-state index is 6.11. The van der Waals surface area contributed by atoms with E-state index in [1.165, 1.54) is 0 Å². The zero-order valence-electron chi connectivity index (χ0n) is 10.7. The molecule has 0 amide bonds. The molecule has 0 radical (unpaired) electrons. The first kappa shape index (κ1) is 12.4. The zero-order valence-corrected chi connectivity index (χ0v) is 11.7. The van der Waals surface area contributed by atoms with Gasteiger partial charge < -0.3 is 9.16 Å². The normalized spacial score (nSPS) is 20.4. The van der Waals surface area contributed by atoms with Gasteiger partial charge in [-0.2, -0.15) is 0 Å². The predicted molar refractivity (Wildman–Crippen MR) is 66.0 cm³/mol. The number of ether oxygens (including phenoxy) is 1. The first-order chi connectivity index (χ1) is 6.74. The van der Waals surface area contributed by atoms with Crippen LogP contribution in [0.25, 0.3) is 0 Å². The van der Waals surface area contributed by atoms with Gasteiger partial charge in [-0.3, -0.25) is 0 Å². The summed E-state index contributed by atoms with van der Waals surface area (Å²) < 4.78 is 11.4. The molecule has 1 rings (SSSR count). The lowest BCUT2D eigenvalue weighted by molar-refractivity contribution is 0.241. The van der Waals surface area contributed by atoms with E-state index in [2.05, 4.69) is 39.6 Å². The number of allylic oxidation sites excluding steroid dienone is 3. The summed E-state index contributed by atoms with van der Waals surface area (Å²) >= 11 is 0. The van der Waals surface area contributed by atoms with Gasteiger partial charge in [-0.25, -0.2) is 0 Å². The molecule has 0 spiro atoms. The second kappa shape index (κ2) is 4.04. The van der Waals surface area contributed by atoms with E-state index >= 15 is 0 Å². The molecule has 1 aliphatic carbocycles. The van der Waals surface area contributed by atoms with E-state index < -0.39 is 8.32 Å². The molecule has 0 aromatic rings. The van der Waals surface area contributed by atoms with Crippen LogP contribution >= 0.6 is 0 Å². The SMILES string of the molecule is COC1=CCC(C)(C)C(O[Si](C)(C)C)=C1. The van der Waals surface area contributed by atoms with Gasteiger partial charge in [0.15, 0.2) is 0 Å². The zero-order chi connectivity index (χ0) is 11.7. The van der Waals surface area contributed by atoms with Gasteiger partial charge in [0.2, 0.25) is 8.32 Å². The maximum Gasteiger partial charge on any atom is 0.241 e. The van der Waals surface area contributed by atoms with E-state index in [1.54, 1.807) is 7.11 Å². The predicted octanol–water partition coefficient (Wildman–Crippen LogP) is 3.68. The van der Waals surface area contributed by atoms with Gasteiger partial charge in [0.05, 0.1) is 12.9 Å². The molecule has 0 bridgehead atoms. The van der Waals surface area contributed by atoms with E-state index in [0.29, 0.717) is 0 Å². The highest BCUT2D eigenvalue weighted by atomic mass is 28.4. The summed E-state index contributed by atoms with van der Waals surface area (Å²) in [4.78, 5) is 0. The molecule has 0 aliphatic heterocycles. The Morgan fingerprint density at radius 3 is 2.33 bits per heavy atom. The second-order valence-electron chi connectivity index (χ2n) is 5.62. The summed E-state index contributed by atoms with van der Waals surface area (Å²) in [5.41, 5.74) is 0.0995. The first-order valence-corrected chi connectivity index (χ1v) is 8.81. The fourth-order valence-corrected chi connectivity index (χ4v) is 2.47. The van der Waals surface area contributed by atoms with Crippen LogP contribution in [0.15, 0.2) is 23.7 Å². The van der Waals surface area contributed by atoms with E-state index in [1.807, 2.05) is 6.08 Å². The summed E-state index contributed by atoms with van der Waals surface area (Å²) in [6.07, 6.45) is 5.13. The lowest BCUT2D eigenvalue weighted by atomic mass is 9.84. The molecule has 0 saturated carbocycles. The average Bonchev–Trinajstić information content (AvgIpc) is 2.06. The maximum atomic E-state index is 6.11. The smallest absolute Gasteiger partial charge is 0.241 e. The Morgan fingerprint density at radius 1 is 1.27 bits per heavy atom. The monoisotopic (exact) mass is 226 g/mol. The molecule has 0 unspecified atom stereocenters. The van der Waals surface area contributed by atoms with Crippen LogP contribution < -0.4 is 0 Å². The fraction of sp³-hybridized carbons (Fsp3) is 0.667. The summed E-state index contributed by atoms with van der Waals surface area (Å²) in [6, 6.07) is 0. The van der Waals surface area contributed by atoms with Crippen LogP contribution in [0.3, 0.4) is 0 Å². The lowest BCUT2D eigenvalue weighted by Gasteiger charge is -2.34. The third kappa shape index (κ3) is 3.41. The molecule has 0 atom stereocenters. The van der Waals surface area contributed by atoms with Gasteiger partial charge in [-0.15, -0.1) is 0 Å². The summed E-state index contributed by atoms with van der Waals surface area (Å²) in [5.74, 6) is 1.99. The van der Waals surface area contributed by atoms with Crippen molar-refractivity contribution in [2.45, 2.75) is 39.9 Å². The van der Waals surface area contributed by atoms with Crippen LogP contribution in [0.4, 0.5) is 0 Å². The Labute approximate surface area is 94.1 Å². The number of hydrogen-bond acceptors (Lipinski definition) is 2. The average molecular weight is 226 g/mol. The highest BCUT2D eigenvalue weighted by Crippen LogP contribution is 2.37. The van der Waals surface area contributed by atoms with Crippen molar-refractivity contribution in [1.82, 2.24) is 0 Å². The van der Waals surface area contributed by atoms with Gasteiger partial charge >= 0.3 is 0 Å². The Balaban J connectivity index is 2.90. The van der Waals surface area contributed by atoms with Crippen molar-refractivity contribution in [2.75, 3.05) is 7.11 Å². The highest BCUT2D eigenvalue weighted by molar-refractivity contribution is 6.70.